The van der Waals surface area contributed by atoms with E-state index in [2.05, 4.69) is 4.72 Å². The lowest BCUT2D eigenvalue weighted by molar-refractivity contribution is 0.580. The van der Waals surface area contributed by atoms with Crippen LogP contribution >= 0.6 is 11.6 Å². The van der Waals surface area contributed by atoms with Crippen molar-refractivity contribution in [1.82, 2.24) is 4.72 Å². The lowest BCUT2D eigenvalue weighted by Gasteiger charge is -2.08. The van der Waals surface area contributed by atoms with Gasteiger partial charge in [0.15, 0.2) is 0 Å². The molecule has 0 aromatic heterocycles. The maximum atomic E-state index is 11.9. The summed E-state index contributed by atoms with van der Waals surface area (Å²) in [4.78, 5) is 0.200. The lowest BCUT2D eigenvalue weighted by atomic mass is 10.2. The van der Waals surface area contributed by atoms with Gasteiger partial charge in [-0.1, -0.05) is 0 Å². The molecule has 6 heteroatoms. The Kier molecular flexibility index (Phi) is 4.94. The fraction of sp³-hybridized carbons (Fsp3) is 0.364. The van der Waals surface area contributed by atoms with Crippen molar-refractivity contribution in [3.8, 4) is 6.07 Å². The fourth-order valence-corrected chi connectivity index (χ4v) is 2.80. The third kappa shape index (κ3) is 3.70. The molecule has 0 saturated carbocycles. The van der Waals surface area contributed by atoms with Crippen LogP contribution in [0.1, 0.15) is 17.5 Å². The first-order valence-corrected chi connectivity index (χ1v) is 7.09. The molecule has 1 aromatic carbocycles. The molecule has 0 atom stereocenters. The Morgan fingerprint density at radius 1 is 1.47 bits per heavy atom. The topological polar surface area (TPSA) is 70.0 Å². The van der Waals surface area contributed by atoms with Gasteiger partial charge < -0.3 is 0 Å². The minimum Gasteiger partial charge on any atom is -0.211 e. The summed E-state index contributed by atoms with van der Waals surface area (Å²) in [6, 6.07) is 6.45. The molecule has 92 valence electrons. The van der Waals surface area contributed by atoms with Gasteiger partial charge in [-0.3, -0.25) is 0 Å². The normalized spacial score (nSPS) is 11.1. The minimum absolute atomic E-state index is 0.200. The van der Waals surface area contributed by atoms with Gasteiger partial charge in [-0.25, -0.2) is 13.1 Å². The van der Waals surface area contributed by atoms with E-state index in [0.29, 0.717) is 30.0 Å². The van der Waals surface area contributed by atoms with Crippen molar-refractivity contribution in [3.05, 3.63) is 29.3 Å². The Hall–Kier alpha value is -1.09. The molecule has 0 unspecified atom stereocenters. The van der Waals surface area contributed by atoms with Crippen LogP contribution in [0.3, 0.4) is 0 Å². The van der Waals surface area contributed by atoms with Crippen molar-refractivity contribution in [3.63, 3.8) is 0 Å². The Morgan fingerprint density at radius 2 is 2.18 bits per heavy atom. The number of alkyl halides is 1. The van der Waals surface area contributed by atoms with Crippen LogP contribution in [0.2, 0.25) is 0 Å². The molecule has 0 saturated heterocycles. The molecule has 4 nitrogen and oxygen atoms in total. The van der Waals surface area contributed by atoms with E-state index in [-0.39, 0.29) is 4.90 Å². The minimum atomic E-state index is -3.51. The summed E-state index contributed by atoms with van der Waals surface area (Å²) >= 11 is 5.48. The second kappa shape index (κ2) is 6.01. The predicted molar refractivity (Wildman–Crippen MR) is 66.4 cm³/mol. The van der Waals surface area contributed by atoms with E-state index in [1.807, 2.05) is 6.07 Å². The molecule has 0 spiro atoms. The molecule has 1 rings (SSSR count). The Bertz CT molecular complexity index is 535. The maximum absolute atomic E-state index is 11.9. The molecule has 0 bridgehead atoms. The number of sulfonamides is 1. The quantitative estimate of drug-likeness (QED) is 0.656. The van der Waals surface area contributed by atoms with Crippen molar-refractivity contribution < 1.29 is 8.42 Å². The first-order valence-electron chi connectivity index (χ1n) is 5.07. The van der Waals surface area contributed by atoms with Gasteiger partial charge in [0, 0.05) is 12.4 Å². The van der Waals surface area contributed by atoms with Crippen LogP contribution in [-0.4, -0.2) is 20.8 Å². The van der Waals surface area contributed by atoms with Crippen LogP contribution in [-0.2, 0) is 10.0 Å². The number of aryl methyl sites for hydroxylation is 1. The maximum Gasteiger partial charge on any atom is 0.240 e. The van der Waals surface area contributed by atoms with E-state index in [1.54, 1.807) is 13.0 Å². The fourth-order valence-electron chi connectivity index (χ4n) is 1.37. The number of hydrogen-bond donors (Lipinski definition) is 1. The summed E-state index contributed by atoms with van der Waals surface area (Å²) < 4.78 is 26.2. The summed E-state index contributed by atoms with van der Waals surface area (Å²) in [5.74, 6) is 0.412. The second-order valence-electron chi connectivity index (χ2n) is 3.53. The SMILES string of the molecule is Cc1cc(C#N)ccc1S(=O)(=O)NCCCCl. The Morgan fingerprint density at radius 3 is 2.71 bits per heavy atom. The van der Waals surface area contributed by atoms with Crippen LogP contribution in [0.4, 0.5) is 0 Å². The number of nitriles is 1. The van der Waals surface area contributed by atoms with E-state index >= 15 is 0 Å². The third-order valence-electron chi connectivity index (χ3n) is 2.20. The zero-order valence-electron chi connectivity index (χ0n) is 9.40. The highest BCUT2D eigenvalue weighted by Crippen LogP contribution is 2.16. The van der Waals surface area contributed by atoms with Gasteiger partial charge in [-0.05, 0) is 37.1 Å². The van der Waals surface area contributed by atoms with Gasteiger partial charge in [0.05, 0.1) is 16.5 Å². The van der Waals surface area contributed by atoms with Crippen LogP contribution in [0.15, 0.2) is 23.1 Å². The monoisotopic (exact) mass is 272 g/mol. The molecular formula is C11H13ClN2O2S. The van der Waals surface area contributed by atoms with Crippen molar-refractivity contribution >= 4 is 21.6 Å². The molecule has 0 aliphatic heterocycles. The zero-order chi connectivity index (χ0) is 12.9. The summed E-state index contributed by atoms with van der Waals surface area (Å²) in [7, 11) is -3.51. The number of halogens is 1. The molecule has 0 radical (unpaired) electrons. The van der Waals surface area contributed by atoms with Gasteiger partial charge in [0.2, 0.25) is 10.0 Å². The first-order chi connectivity index (χ1) is 8.01. The smallest absolute Gasteiger partial charge is 0.211 e. The van der Waals surface area contributed by atoms with Crippen LogP contribution in [0.25, 0.3) is 0 Å². The van der Waals surface area contributed by atoms with Gasteiger partial charge >= 0.3 is 0 Å². The molecule has 0 fully saturated rings. The summed E-state index contributed by atoms with van der Waals surface area (Å²) in [5, 5.41) is 8.70. The van der Waals surface area contributed by atoms with Crippen LogP contribution < -0.4 is 4.72 Å². The summed E-state index contributed by atoms with van der Waals surface area (Å²) in [6.07, 6.45) is 0.579. The largest absolute Gasteiger partial charge is 0.240 e. The average Bonchev–Trinajstić information content (AvgIpc) is 2.28. The first kappa shape index (κ1) is 14.0. The molecule has 1 aromatic rings. The number of benzene rings is 1. The van der Waals surface area contributed by atoms with Gasteiger partial charge in [0.1, 0.15) is 0 Å². The van der Waals surface area contributed by atoms with Crippen molar-refractivity contribution in [2.24, 2.45) is 0 Å². The Labute approximate surface area is 106 Å². The van der Waals surface area contributed by atoms with Crippen molar-refractivity contribution in [2.75, 3.05) is 12.4 Å². The summed E-state index contributed by atoms with van der Waals surface area (Å²) in [5.41, 5.74) is 1.00. The molecular weight excluding hydrogens is 260 g/mol. The van der Waals surface area contributed by atoms with E-state index in [4.69, 9.17) is 16.9 Å². The van der Waals surface area contributed by atoms with Gasteiger partial charge in [-0.15, -0.1) is 11.6 Å². The van der Waals surface area contributed by atoms with Crippen molar-refractivity contribution in [1.29, 1.82) is 5.26 Å². The lowest BCUT2D eigenvalue weighted by Crippen LogP contribution is -2.25. The van der Waals surface area contributed by atoms with Crippen molar-refractivity contribution in [2.45, 2.75) is 18.2 Å². The molecule has 0 aliphatic carbocycles. The molecule has 0 heterocycles. The highest BCUT2D eigenvalue weighted by atomic mass is 35.5. The predicted octanol–water partition coefficient (Wildman–Crippen LogP) is 1.77. The summed E-state index contributed by atoms with van der Waals surface area (Å²) in [6.45, 7) is 1.97. The van der Waals surface area contributed by atoms with E-state index < -0.39 is 10.0 Å². The highest BCUT2D eigenvalue weighted by Gasteiger charge is 2.15. The number of nitrogens with zero attached hydrogens (tertiary/aromatic N) is 1. The number of rotatable bonds is 5. The standard InChI is InChI=1S/C11H13ClN2O2S/c1-9-7-10(8-13)3-4-11(9)17(15,16)14-6-2-5-12/h3-4,7,14H,2,5-6H2,1H3. The second-order valence-corrected chi connectivity index (χ2v) is 5.65. The highest BCUT2D eigenvalue weighted by molar-refractivity contribution is 7.89. The van der Waals surface area contributed by atoms with Gasteiger partial charge in [0.25, 0.3) is 0 Å². The number of hydrogen-bond acceptors (Lipinski definition) is 3. The van der Waals surface area contributed by atoms with Crippen LogP contribution in [0, 0.1) is 18.3 Å². The van der Waals surface area contributed by atoms with E-state index in [0.717, 1.165) is 0 Å². The van der Waals surface area contributed by atoms with E-state index in [1.165, 1.54) is 12.1 Å². The molecule has 0 amide bonds. The number of nitrogens with one attached hydrogen (secondary N) is 1. The average molecular weight is 273 g/mol. The molecule has 1 N–H and O–H groups in total. The third-order valence-corrected chi connectivity index (χ3v) is 4.08. The van der Waals surface area contributed by atoms with E-state index in [9.17, 15) is 8.42 Å². The van der Waals surface area contributed by atoms with Gasteiger partial charge in [-0.2, -0.15) is 5.26 Å². The van der Waals surface area contributed by atoms with Crippen LogP contribution in [0.5, 0.6) is 0 Å². The molecule has 17 heavy (non-hydrogen) atoms. The zero-order valence-corrected chi connectivity index (χ0v) is 11.0. The molecule has 0 aliphatic rings. The Balaban J connectivity index is 2.96.